The average Bonchev–Trinajstić information content (AvgIpc) is 0.810. The summed E-state index contributed by atoms with van der Waals surface area (Å²) in [5.74, 6) is -0.0514. The number of hydrogen-bond acceptors (Lipinski definition) is 17. The van der Waals surface area contributed by atoms with Crippen LogP contribution in [0.5, 0.6) is 46.0 Å². The van der Waals surface area contributed by atoms with Crippen molar-refractivity contribution in [3.05, 3.63) is 259 Å². The highest BCUT2D eigenvalue weighted by molar-refractivity contribution is 7.93. The van der Waals surface area contributed by atoms with Gasteiger partial charge in [-0.05, 0) is 138 Å². The first-order valence-corrected chi connectivity index (χ1v) is 33.7. The van der Waals surface area contributed by atoms with E-state index in [1.807, 2.05) is 24.3 Å². The van der Waals surface area contributed by atoms with Gasteiger partial charge in [0.1, 0.15) is 90.5 Å². The number of carboxylic acid groups (broad SMARTS) is 3. The van der Waals surface area contributed by atoms with Crippen LogP contribution in [0.1, 0.15) is 36.6 Å². The maximum atomic E-state index is 13.1. The van der Waals surface area contributed by atoms with Gasteiger partial charge in [-0.1, -0.05) is 103 Å². The molecule has 10 aromatic carbocycles. The van der Waals surface area contributed by atoms with E-state index in [2.05, 4.69) is 14.2 Å². The normalized spacial score (nSPS) is 11.0. The lowest BCUT2D eigenvalue weighted by Gasteiger charge is -2.16. The molecule has 0 aromatic heterocycles. The van der Waals surface area contributed by atoms with Crippen molar-refractivity contribution in [3.63, 3.8) is 0 Å². The zero-order valence-corrected chi connectivity index (χ0v) is 53.9. The summed E-state index contributed by atoms with van der Waals surface area (Å²) in [6, 6.07) is 64.0. The van der Waals surface area contributed by atoms with Gasteiger partial charge >= 0.3 is 17.9 Å². The molecule has 0 spiro atoms. The number of anilines is 3. The third-order valence-corrected chi connectivity index (χ3v) is 17.5. The molecule has 0 saturated carbocycles. The minimum Gasteiger partial charge on any atom is -0.497 e. The summed E-state index contributed by atoms with van der Waals surface area (Å²) in [6.45, 7) is 1.03. The van der Waals surface area contributed by atoms with Gasteiger partial charge in [0.2, 0.25) is 10.0 Å². The second-order valence-corrected chi connectivity index (χ2v) is 25.1. The Morgan fingerprint density at radius 3 is 1.14 bits per heavy atom. The predicted molar refractivity (Wildman–Crippen MR) is 360 cm³/mol. The van der Waals surface area contributed by atoms with Crippen LogP contribution >= 0.6 is 0 Å². The number of hydrogen-bond donors (Lipinski definition) is 6. The molecule has 6 N–H and O–H groups in total. The Kier molecular flexibility index (Phi) is 24.9. The number of fused-ring (bicyclic) bond motifs is 1. The van der Waals surface area contributed by atoms with Crippen molar-refractivity contribution in [3.8, 4) is 46.0 Å². The molecule has 498 valence electrons. The summed E-state index contributed by atoms with van der Waals surface area (Å²) in [4.78, 5) is 32.8. The monoisotopic (exact) mass is 1360 g/mol. The van der Waals surface area contributed by atoms with Crippen LogP contribution in [0.25, 0.3) is 10.8 Å². The molecule has 0 aliphatic heterocycles. The van der Waals surface area contributed by atoms with Crippen LogP contribution < -0.4 is 52.1 Å². The Morgan fingerprint density at radius 2 is 0.708 bits per heavy atom. The highest BCUT2D eigenvalue weighted by atomic mass is 32.2. The Balaban J connectivity index is 0.000000184. The van der Waals surface area contributed by atoms with Crippen molar-refractivity contribution in [2.75, 3.05) is 68.0 Å². The Hall–Kier alpha value is -11.5. The maximum Gasteiger partial charge on any atom is 0.335 e. The van der Waals surface area contributed by atoms with Crippen molar-refractivity contribution >= 4 is 75.8 Å². The molecule has 0 unspecified atom stereocenters. The van der Waals surface area contributed by atoms with Crippen LogP contribution in [0.15, 0.2) is 246 Å². The number of para-hydroxylation sites is 6. The first kappa shape index (κ1) is 70.4. The number of methoxy groups -OCH3 is 2. The number of sulfonamides is 3. The van der Waals surface area contributed by atoms with Gasteiger partial charge in [-0.3, -0.25) is 14.2 Å². The Bertz CT molecular complexity index is 4600. The Morgan fingerprint density at radius 1 is 0.344 bits per heavy atom. The van der Waals surface area contributed by atoms with Gasteiger partial charge in [0.25, 0.3) is 20.0 Å². The van der Waals surface area contributed by atoms with Gasteiger partial charge in [0, 0.05) is 11.5 Å². The standard InChI is InChI=1S/C25H21NO6S.C23H23NO8S.C22H21NO6S/c27-25(28)19-12-14-20(15-13-19)31-16-17-32-23-10-4-3-9-22(23)26-33(29,30)24-11-5-7-18-6-1-2-8-21(18)24;1-29-18-11-12-21(30-2)22(15-18)33(27,28)24-19-5-3-4-6-20(19)32-14-13-31-17-9-7-16(8-10-17)23(25)26;24-22(25)18-10-12-19(13-11-18)28-14-15-29-21-9-5-4-8-20(21)23-30(26,27)16-17-6-2-1-3-7-17/h1-15,26H,16-17H2,(H,27,28);3-12,15,24H,13-14H2,1-2H3,(H,25,26);1-13,23H,14-16H2,(H,24,25). The van der Waals surface area contributed by atoms with E-state index in [1.165, 1.54) is 62.8 Å². The van der Waals surface area contributed by atoms with E-state index >= 15 is 0 Å². The molecule has 23 nitrogen and oxygen atoms in total. The van der Waals surface area contributed by atoms with E-state index in [1.54, 1.807) is 164 Å². The second-order valence-electron chi connectivity index (χ2n) is 20.1. The summed E-state index contributed by atoms with van der Waals surface area (Å²) in [7, 11) is -8.65. The molecule has 0 heterocycles. The van der Waals surface area contributed by atoms with Gasteiger partial charge in [-0.15, -0.1) is 0 Å². The van der Waals surface area contributed by atoms with E-state index < -0.39 is 48.0 Å². The number of carbonyl (C=O) groups is 3. The number of aromatic carboxylic acids is 3. The molecule has 0 saturated heterocycles. The number of nitrogens with one attached hydrogen (secondary N) is 3. The van der Waals surface area contributed by atoms with E-state index in [-0.39, 0.29) is 83.3 Å². The minimum atomic E-state index is -4.01. The van der Waals surface area contributed by atoms with Gasteiger partial charge in [0.15, 0.2) is 0 Å². The lowest BCUT2D eigenvalue weighted by atomic mass is 10.1. The van der Waals surface area contributed by atoms with Crippen molar-refractivity contribution in [2.24, 2.45) is 0 Å². The number of carboxylic acids is 3. The molecular formula is C70H65N3O20S3. The quantitative estimate of drug-likeness (QED) is 0.0228. The summed E-state index contributed by atoms with van der Waals surface area (Å²) < 4.78 is 129. The van der Waals surface area contributed by atoms with Gasteiger partial charge in [-0.2, -0.15) is 0 Å². The molecule has 0 bridgehead atoms. The molecule has 0 amide bonds. The van der Waals surface area contributed by atoms with Crippen molar-refractivity contribution in [1.29, 1.82) is 0 Å². The fraction of sp³-hybridized carbons (Fsp3) is 0.129. The summed E-state index contributed by atoms with van der Waals surface area (Å²) >= 11 is 0. The molecule has 26 heteroatoms. The zero-order chi connectivity index (χ0) is 68.5. The third-order valence-electron chi connectivity index (χ3n) is 13.4. The minimum absolute atomic E-state index is 0.0766. The lowest BCUT2D eigenvalue weighted by Crippen LogP contribution is -2.16. The van der Waals surface area contributed by atoms with Crippen molar-refractivity contribution in [1.82, 2.24) is 0 Å². The topological polar surface area (TPSA) is 324 Å². The molecule has 10 aromatic rings. The van der Waals surface area contributed by atoms with Crippen LogP contribution in [0.2, 0.25) is 0 Å². The smallest absolute Gasteiger partial charge is 0.335 e. The zero-order valence-electron chi connectivity index (χ0n) is 51.5. The first-order chi connectivity index (χ1) is 46.2. The SMILES string of the molecule is COc1ccc(OC)c(S(=O)(=O)Nc2ccccc2OCCOc2ccc(C(=O)O)cc2)c1.O=C(O)c1ccc(OCCOc2ccccc2NS(=O)(=O)Cc2ccccc2)cc1.O=C(O)c1ccc(OCCOc2ccccc2NS(=O)(=O)c2cccc3ccccc23)cc1. The number of rotatable bonds is 30. The van der Waals surface area contributed by atoms with Gasteiger partial charge in [-0.25, -0.2) is 39.6 Å². The largest absolute Gasteiger partial charge is 0.497 e. The van der Waals surface area contributed by atoms with Crippen LogP contribution in [0.4, 0.5) is 17.1 Å². The third kappa shape index (κ3) is 20.8. The van der Waals surface area contributed by atoms with Gasteiger partial charge < -0.3 is 53.2 Å². The lowest BCUT2D eigenvalue weighted by molar-refractivity contribution is 0.0686. The molecule has 0 aliphatic carbocycles. The highest BCUT2D eigenvalue weighted by Crippen LogP contribution is 2.34. The highest BCUT2D eigenvalue weighted by Gasteiger charge is 2.24. The molecule has 10 rings (SSSR count). The summed E-state index contributed by atoms with van der Waals surface area (Å²) in [5, 5.41) is 28.2. The summed E-state index contributed by atoms with van der Waals surface area (Å²) in [6.07, 6.45) is 0. The first-order valence-electron chi connectivity index (χ1n) is 29.0. The van der Waals surface area contributed by atoms with Crippen molar-refractivity contribution in [2.45, 2.75) is 15.5 Å². The van der Waals surface area contributed by atoms with Crippen LogP contribution in [-0.4, -0.2) is 112 Å². The maximum absolute atomic E-state index is 13.1. The molecular weight excluding hydrogens is 1300 g/mol. The van der Waals surface area contributed by atoms with E-state index in [9.17, 15) is 39.6 Å². The predicted octanol–water partition coefficient (Wildman–Crippen LogP) is 12.2. The fourth-order valence-corrected chi connectivity index (χ4v) is 12.6. The van der Waals surface area contributed by atoms with E-state index in [4.69, 9.17) is 53.2 Å². The second kappa shape index (κ2) is 33.9. The molecule has 0 aliphatic rings. The Labute approximate surface area is 554 Å². The number of benzene rings is 10. The molecule has 0 atom stereocenters. The number of ether oxygens (including phenoxy) is 8. The molecule has 0 radical (unpaired) electrons. The summed E-state index contributed by atoms with van der Waals surface area (Å²) in [5.41, 5.74) is 2.10. The van der Waals surface area contributed by atoms with Crippen LogP contribution in [-0.2, 0) is 35.8 Å². The van der Waals surface area contributed by atoms with E-state index in [0.717, 1.165) is 5.39 Å². The molecule has 0 fully saturated rings. The van der Waals surface area contributed by atoms with E-state index in [0.29, 0.717) is 62.6 Å². The molecule has 96 heavy (non-hydrogen) atoms. The van der Waals surface area contributed by atoms with Gasteiger partial charge in [0.05, 0.1) is 58.6 Å². The van der Waals surface area contributed by atoms with Crippen LogP contribution in [0.3, 0.4) is 0 Å². The van der Waals surface area contributed by atoms with Crippen molar-refractivity contribution < 1.29 is 92.9 Å². The fourth-order valence-electron chi connectivity index (χ4n) is 8.87. The van der Waals surface area contributed by atoms with Crippen LogP contribution in [0, 0.1) is 0 Å². The average molecular weight is 1360 g/mol.